The first-order valence-electron chi connectivity index (χ1n) is 11.0. The van der Waals surface area contributed by atoms with Gasteiger partial charge in [-0.15, -0.1) is 0 Å². The lowest BCUT2D eigenvalue weighted by atomic mass is 9.96. The summed E-state index contributed by atoms with van der Waals surface area (Å²) < 4.78 is 32.6. The summed E-state index contributed by atoms with van der Waals surface area (Å²) in [6, 6.07) is 14.7. The molecule has 1 aliphatic rings. The molecule has 0 saturated carbocycles. The average Bonchev–Trinajstić information content (AvgIpc) is 3.20. The van der Waals surface area contributed by atoms with Crippen LogP contribution in [0.4, 0.5) is 8.78 Å². The number of ether oxygens (including phenoxy) is 1. The van der Waals surface area contributed by atoms with Crippen LogP contribution in [0, 0.1) is 0 Å². The molecule has 3 N–H and O–H groups in total. The van der Waals surface area contributed by atoms with Gasteiger partial charge in [-0.3, -0.25) is 0 Å². The van der Waals surface area contributed by atoms with Crippen LogP contribution in [-0.2, 0) is 5.60 Å². The molecule has 5 rings (SSSR count). The molecule has 0 bridgehead atoms. The van der Waals surface area contributed by atoms with Crippen LogP contribution in [0.1, 0.15) is 48.5 Å². The van der Waals surface area contributed by atoms with Gasteiger partial charge in [0.2, 0.25) is 0 Å². The van der Waals surface area contributed by atoms with Crippen LogP contribution in [-0.4, -0.2) is 38.0 Å². The summed E-state index contributed by atoms with van der Waals surface area (Å²) in [6.07, 6.45) is -0.906. The van der Waals surface area contributed by atoms with Gasteiger partial charge >= 0.3 is 6.61 Å². The Balaban J connectivity index is 1.64. The van der Waals surface area contributed by atoms with Gasteiger partial charge in [-0.2, -0.15) is 13.9 Å². The number of nitrogens with one attached hydrogen (secondary N) is 1. The van der Waals surface area contributed by atoms with E-state index in [4.69, 9.17) is 21.4 Å². The first kappa shape index (κ1) is 23.6. The molecule has 3 heterocycles. The number of alkyl halides is 2. The third-order valence-corrected chi connectivity index (χ3v) is 6.27. The zero-order valence-electron chi connectivity index (χ0n) is 18.9. The van der Waals surface area contributed by atoms with Crippen molar-refractivity contribution in [1.82, 2.24) is 19.9 Å². The SMILES string of the molecule is CC(C)(O)c1ccc(-c2ccc3nc4c(n3n2)[C@H](c2cc(Cl)ccc2OC(F)F)NC[C@H]4O)cc1. The zero-order valence-corrected chi connectivity index (χ0v) is 19.7. The van der Waals surface area contributed by atoms with Gasteiger partial charge in [0.1, 0.15) is 11.9 Å². The second-order valence-corrected chi connectivity index (χ2v) is 9.36. The van der Waals surface area contributed by atoms with Crippen LogP contribution in [0.3, 0.4) is 0 Å². The minimum absolute atomic E-state index is 0.0300. The maximum Gasteiger partial charge on any atom is 0.387 e. The second-order valence-electron chi connectivity index (χ2n) is 8.92. The molecule has 0 saturated heterocycles. The molecular formula is C25H23ClF2N4O3. The van der Waals surface area contributed by atoms with Crippen molar-refractivity contribution in [2.75, 3.05) is 6.54 Å². The molecule has 1 aliphatic heterocycles. The molecular weight excluding hydrogens is 478 g/mol. The molecule has 0 radical (unpaired) electrons. The number of fused-ring (bicyclic) bond motifs is 3. The maximum absolute atomic E-state index is 13.1. The van der Waals surface area contributed by atoms with E-state index in [1.807, 2.05) is 30.3 Å². The predicted octanol–water partition coefficient (Wildman–Crippen LogP) is 4.60. The van der Waals surface area contributed by atoms with E-state index in [2.05, 4.69) is 10.3 Å². The monoisotopic (exact) mass is 500 g/mol. The van der Waals surface area contributed by atoms with Gasteiger partial charge in [0.25, 0.3) is 0 Å². The Morgan fingerprint density at radius 3 is 2.57 bits per heavy atom. The van der Waals surface area contributed by atoms with Crippen molar-refractivity contribution in [1.29, 1.82) is 0 Å². The molecule has 0 unspecified atom stereocenters. The number of aromatic nitrogens is 3. The van der Waals surface area contributed by atoms with Gasteiger partial charge in [-0.05, 0) is 49.7 Å². The van der Waals surface area contributed by atoms with Crippen LogP contribution in [0.15, 0.2) is 54.6 Å². The maximum atomic E-state index is 13.1. The Bertz CT molecular complexity index is 1390. The van der Waals surface area contributed by atoms with Crippen molar-refractivity contribution >= 4 is 17.2 Å². The van der Waals surface area contributed by atoms with Gasteiger partial charge < -0.3 is 20.3 Å². The molecule has 2 atom stereocenters. The third kappa shape index (κ3) is 4.48. The molecule has 0 fully saturated rings. The van der Waals surface area contributed by atoms with Crippen molar-refractivity contribution in [2.45, 2.75) is 38.2 Å². The fraction of sp³-hybridized carbons (Fsp3) is 0.280. The lowest BCUT2D eigenvalue weighted by Gasteiger charge is -2.28. The van der Waals surface area contributed by atoms with Crippen molar-refractivity contribution in [3.8, 4) is 17.0 Å². The standard InChI is InChI=1S/C25H23ClF2N4O3/c1-25(2,34)14-5-3-13(4-6-14)17-8-10-20-30-22-18(33)12-29-21(23(22)32(20)31-17)16-11-15(26)7-9-19(16)35-24(27)28/h3-11,18,21,24,29,33-34H,12H2,1-2H3/t18-,21+/m1/s1. The molecule has 10 heteroatoms. The fourth-order valence-corrected chi connectivity index (χ4v) is 4.49. The van der Waals surface area contributed by atoms with Gasteiger partial charge in [0.15, 0.2) is 5.65 Å². The Morgan fingerprint density at radius 1 is 1.14 bits per heavy atom. The Kier molecular flexibility index (Phi) is 5.96. The van der Waals surface area contributed by atoms with Crippen LogP contribution < -0.4 is 10.1 Å². The topological polar surface area (TPSA) is 91.9 Å². The highest BCUT2D eigenvalue weighted by Crippen LogP contribution is 2.39. The molecule has 2 aromatic heterocycles. The first-order chi connectivity index (χ1) is 16.6. The van der Waals surface area contributed by atoms with Crippen LogP contribution in [0.25, 0.3) is 16.9 Å². The molecule has 182 valence electrons. The summed E-state index contributed by atoms with van der Waals surface area (Å²) in [5.41, 5.74) is 3.04. The third-order valence-electron chi connectivity index (χ3n) is 6.03. The van der Waals surface area contributed by atoms with Crippen molar-refractivity contribution in [3.63, 3.8) is 0 Å². The number of benzene rings is 2. The number of imidazole rings is 1. The second kappa shape index (κ2) is 8.83. The molecule has 0 spiro atoms. The summed E-state index contributed by atoms with van der Waals surface area (Å²) in [4.78, 5) is 4.56. The summed E-state index contributed by atoms with van der Waals surface area (Å²) in [7, 11) is 0. The first-order valence-corrected chi connectivity index (χ1v) is 11.4. The summed E-state index contributed by atoms with van der Waals surface area (Å²) >= 11 is 6.19. The van der Waals surface area contributed by atoms with E-state index >= 15 is 0 Å². The van der Waals surface area contributed by atoms with E-state index in [-0.39, 0.29) is 12.3 Å². The molecule has 0 amide bonds. The van der Waals surface area contributed by atoms with E-state index in [0.29, 0.717) is 33.3 Å². The smallest absolute Gasteiger partial charge is 0.387 e. The largest absolute Gasteiger partial charge is 0.434 e. The van der Waals surface area contributed by atoms with Crippen LogP contribution in [0.2, 0.25) is 5.02 Å². The molecule has 4 aromatic rings. The van der Waals surface area contributed by atoms with Gasteiger partial charge in [-0.1, -0.05) is 35.9 Å². The highest BCUT2D eigenvalue weighted by atomic mass is 35.5. The summed E-state index contributed by atoms with van der Waals surface area (Å²) in [6.45, 7) is 0.574. The number of aliphatic hydroxyl groups is 2. The number of hydrogen-bond acceptors (Lipinski definition) is 6. The lowest BCUT2D eigenvalue weighted by molar-refractivity contribution is -0.0507. The summed E-state index contributed by atoms with van der Waals surface area (Å²) in [5, 5.41) is 29.1. The molecule has 7 nitrogen and oxygen atoms in total. The number of nitrogens with zero attached hydrogens (tertiary/aromatic N) is 3. The highest BCUT2D eigenvalue weighted by Gasteiger charge is 2.34. The predicted molar refractivity (Wildman–Crippen MR) is 127 cm³/mol. The van der Waals surface area contributed by atoms with E-state index in [1.54, 1.807) is 30.5 Å². The minimum atomic E-state index is -3.01. The number of β-amino-alcohol motifs (C(OH)–C–C–N with tert-alkyl or cyclic N) is 1. The van der Waals surface area contributed by atoms with E-state index in [9.17, 15) is 19.0 Å². The van der Waals surface area contributed by atoms with E-state index in [1.165, 1.54) is 12.1 Å². The number of halogens is 3. The van der Waals surface area contributed by atoms with Gasteiger partial charge in [0.05, 0.1) is 28.7 Å². The van der Waals surface area contributed by atoms with E-state index < -0.39 is 24.4 Å². The quantitative estimate of drug-likeness (QED) is 0.371. The number of hydrogen-bond donors (Lipinski definition) is 3. The van der Waals surface area contributed by atoms with E-state index in [0.717, 1.165) is 11.1 Å². The van der Waals surface area contributed by atoms with Gasteiger partial charge in [-0.25, -0.2) is 9.50 Å². The van der Waals surface area contributed by atoms with Crippen LogP contribution >= 0.6 is 11.6 Å². The minimum Gasteiger partial charge on any atom is -0.434 e. The molecule has 35 heavy (non-hydrogen) atoms. The Hall–Kier alpha value is -3.11. The Labute approximate surface area is 205 Å². The van der Waals surface area contributed by atoms with Crippen molar-refractivity contribution < 1.29 is 23.7 Å². The molecule has 2 aromatic carbocycles. The van der Waals surface area contributed by atoms with Crippen LogP contribution in [0.5, 0.6) is 5.75 Å². The van der Waals surface area contributed by atoms with Crippen molar-refractivity contribution in [3.05, 3.63) is 82.1 Å². The van der Waals surface area contributed by atoms with Crippen molar-refractivity contribution in [2.24, 2.45) is 0 Å². The number of rotatable bonds is 5. The fourth-order valence-electron chi connectivity index (χ4n) is 4.31. The lowest BCUT2D eigenvalue weighted by Crippen LogP contribution is -2.35. The normalized spacial score (nSPS) is 18.2. The molecule has 0 aliphatic carbocycles. The average molecular weight is 501 g/mol. The van der Waals surface area contributed by atoms with Gasteiger partial charge in [0, 0.05) is 22.7 Å². The zero-order chi connectivity index (χ0) is 24.9. The number of aliphatic hydroxyl groups excluding tert-OH is 1. The highest BCUT2D eigenvalue weighted by molar-refractivity contribution is 6.30. The summed E-state index contributed by atoms with van der Waals surface area (Å²) in [5.74, 6) is -0.0300. The Morgan fingerprint density at radius 2 is 1.89 bits per heavy atom.